The standard InChI is InChI=1S/C16H14F5N3O/c17-9-5-6-12(11(18)7-9)22-14(25)8-24-13-4-2-1-3-10(13)15(23-24)16(19,20)21/h5-7H,1-4,8H2,(H,22,25). The van der Waals surface area contributed by atoms with Gasteiger partial charge in [-0.25, -0.2) is 8.78 Å². The van der Waals surface area contributed by atoms with Crippen molar-refractivity contribution in [1.82, 2.24) is 9.78 Å². The molecule has 1 amide bonds. The minimum atomic E-state index is -4.59. The van der Waals surface area contributed by atoms with Crippen molar-refractivity contribution in [2.75, 3.05) is 5.32 Å². The van der Waals surface area contributed by atoms with Crippen LogP contribution in [0.15, 0.2) is 18.2 Å². The number of aromatic nitrogens is 2. The summed E-state index contributed by atoms with van der Waals surface area (Å²) in [5, 5.41) is 5.78. The lowest BCUT2D eigenvalue weighted by Crippen LogP contribution is -2.22. The predicted octanol–water partition coefficient (Wildman–Crippen LogP) is 3.70. The van der Waals surface area contributed by atoms with Gasteiger partial charge in [0.1, 0.15) is 18.2 Å². The van der Waals surface area contributed by atoms with E-state index in [2.05, 4.69) is 10.4 Å². The smallest absolute Gasteiger partial charge is 0.322 e. The van der Waals surface area contributed by atoms with Gasteiger partial charge in [-0.05, 0) is 37.8 Å². The number of alkyl halides is 3. The Morgan fingerprint density at radius 3 is 2.60 bits per heavy atom. The van der Waals surface area contributed by atoms with Gasteiger partial charge in [0.25, 0.3) is 0 Å². The summed E-state index contributed by atoms with van der Waals surface area (Å²) in [7, 11) is 0. The molecule has 0 bridgehead atoms. The third kappa shape index (κ3) is 3.64. The summed E-state index contributed by atoms with van der Waals surface area (Å²) in [6, 6.07) is 2.62. The Balaban J connectivity index is 1.83. The van der Waals surface area contributed by atoms with Crippen molar-refractivity contribution in [2.45, 2.75) is 38.4 Å². The van der Waals surface area contributed by atoms with Gasteiger partial charge in [-0.1, -0.05) is 0 Å². The molecule has 1 heterocycles. The fourth-order valence-electron chi connectivity index (χ4n) is 2.95. The molecule has 1 aromatic heterocycles. The number of benzene rings is 1. The molecule has 3 rings (SSSR count). The van der Waals surface area contributed by atoms with Gasteiger partial charge >= 0.3 is 6.18 Å². The predicted molar refractivity (Wildman–Crippen MR) is 78.9 cm³/mol. The molecule has 25 heavy (non-hydrogen) atoms. The van der Waals surface area contributed by atoms with Gasteiger partial charge in [0.15, 0.2) is 5.69 Å². The summed E-state index contributed by atoms with van der Waals surface area (Å²) in [5.41, 5.74) is -0.709. The fourth-order valence-corrected chi connectivity index (χ4v) is 2.95. The van der Waals surface area contributed by atoms with E-state index in [9.17, 15) is 26.7 Å². The van der Waals surface area contributed by atoms with E-state index >= 15 is 0 Å². The zero-order valence-electron chi connectivity index (χ0n) is 13.0. The quantitative estimate of drug-likeness (QED) is 0.850. The van der Waals surface area contributed by atoms with Gasteiger partial charge in [-0.15, -0.1) is 0 Å². The van der Waals surface area contributed by atoms with Crippen LogP contribution in [-0.4, -0.2) is 15.7 Å². The second-order valence-corrected chi connectivity index (χ2v) is 5.81. The van der Waals surface area contributed by atoms with Crippen molar-refractivity contribution < 1.29 is 26.7 Å². The lowest BCUT2D eigenvalue weighted by Gasteiger charge is -2.14. The summed E-state index contributed by atoms with van der Waals surface area (Å²) < 4.78 is 66.7. The highest BCUT2D eigenvalue weighted by molar-refractivity contribution is 5.90. The molecule has 2 aromatic rings. The van der Waals surface area contributed by atoms with Crippen LogP contribution in [0.1, 0.15) is 29.8 Å². The van der Waals surface area contributed by atoms with E-state index in [0.717, 1.165) is 16.8 Å². The fraction of sp³-hybridized carbons (Fsp3) is 0.375. The van der Waals surface area contributed by atoms with E-state index in [1.165, 1.54) is 0 Å². The Hall–Kier alpha value is -2.45. The minimum absolute atomic E-state index is 0.125. The summed E-state index contributed by atoms with van der Waals surface area (Å²) in [6.07, 6.45) is -2.58. The molecule has 0 fully saturated rings. The Bertz CT molecular complexity index is 813. The number of hydrogen-bond donors (Lipinski definition) is 1. The van der Waals surface area contributed by atoms with Crippen LogP contribution in [0.4, 0.5) is 27.6 Å². The number of anilines is 1. The molecule has 1 N–H and O–H groups in total. The van der Waals surface area contributed by atoms with Crippen molar-refractivity contribution in [3.8, 4) is 0 Å². The maximum Gasteiger partial charge on any atom is 0.435 e. The minimum Gasteiger partial charge on any atom is -0.322 e. The van der Waals surface area contributed by atoms with E-state index in [0.29, 0.717) is 31.0 Å². The highest BCUT2D eigenvalue weighted by atomic mass is 19.4. The van der Waals surface area contributed by atoms with E-state index < -0.39 is 36.0 Å². The Morgan fingerprint density at radius 2 is 1.92 bits per heavy atom. The molecule has 0 saturated heterocycles. The van der Waals surface area contributed by atoms with Crippen molar-refractivity contribution in [1.29, 1.82) is 0 Å². The largest absolute Gasteiger partial charge is 0.435 e. The number of hydrogen-bond acceptors (Lipinski definition) is 2. The first kappa shape index (κ1) is 17.4. The van der Waals surface area contributed by atoms with Gasteiger partial charge < -0.3 is 5.32 Å². The SMILES string of the molecule is O=C(Cn1nc(C(F)(F)F)c2c1CCCC2)Nc1ccc(F)cc1F. The molecular weight excluding hydrogens is 345 g/mol. The van der Waals surface area contributed by atoms with Crippen molar-refractivity contribution in [3.63, 3.8) is 0 Å². The number of carbonyl (C=O) groups excluding carboxylic acids is 1. The van der Waals surface area contributed by atoms with Gasteiger partial charge in [0.2, 0.25) is 5.91 Å². The molecule has 4 nitrogen and oxygen atoms in total. The number of amides is 1. The average molecular weight is 359 g/mol. The molecule has 0 aliphatic heterocycles. The first-order chi connectivity index (χ1) is 11.8. The van der Waals surface area contributed by atoms with Gasteiger partial charge in [0, 0.05) is 17.3 Å². The number of carbonyl (C=O) groups is 1. The van der Waals surface area contributed by atoms with Crippen LogP contribution in [0.2, 0.25) is 0 Å². The average Bonchev–Trinajstić information content (AvgIpc) is 2.89. The van der Waals surface area contributed by atoms with E-state index in [1.807, 2.05) is 0 Å². The molecule has 9 heteroatoms. The number of rotatable bonds is 3. The van der Waals surface area contributed by atoms with Crippen molar-refractivity contribution in [3.05, 3.63) is 46.8 Å². The summed E-state index contributed by atoms with van der Waals surface area (Å²) >= 11 is 0. The van der Waals surface area contributed by atoms with Crippen LogP contribution in [0.3, 0.4) is 0 Å². The molecule has 134 valence electrons. The maximum absolute atomic E-state index is 13.6. The number of fused-ring (bicyclic) bond motifs is 1. The monoisotopic (exact) mass is 359 g/mol. The van der Waals surface area contributed by atoms with Crippen LogP contribution in [0.25, 0.3) is 0 Å². The molecule has 0 saturated carbocycles. The maximum atomic E-state index is 13.6. The van der Waals surface area contributed by atoms with E-state index in [1.54, 1.807) is 0 Å². The molecule has 0 unspecified atom stereocenters. The summed E-state index contributed by atoms with van der Waals surface area (Å²) in [6.45, 7) is -0.477. The third-order valence-corrected chi connectivity index (χ3v) is 4.02. The normalized spacial score (nSPS) is 14.3. The topological polar surface area (TPSA) is 46.9 Å². The Kier molecular flexibility index (Phi) is 4.49. The van der Waals surface area contributed by atoms with Gasteiger partial charge in [-0.3, -0.25) is 9.48 Å². The molecule has 1 aliphatic carbocycles. The van der Waals surface area contributed by atoms with Crippen molar-refractivity contribution in [2.24, 2.45) is 0 Å². The van der Waals surface area contributed by atoms with Crippen LogP contribution in [-0.2, 0) is 30.4 Å². The van der Waals surface area contributed by atoms with Crippen LogP contribution >= 0.6 is 0 Å². The summed E-state index contributed by atoms with van der Waals surface area (Å²) in [4.78, 5) is 12.1. The molecule has 1 aromatic carbocycles. The lowest BCUT2D eigenvalue weighted by molar-refractivity contribution is -0.142. The molecule has 0 spiro atoms. The third-order valence-electron chi connectivity index (χ3n) is 4.02. The zero-order chi connectivity index (χ0) is 18.2. The second kappa shape index (κ2) is 6.45. The van der Waals surface area contributed by atoms with Crippen LogP contribution in [0, 0.1) is 11.6 Å². The van der Waals surface area contributed by atoms with E-state index in [4.69, 9.17) is 0 Å². The number of halogens is 5. The molecule has 0 radical (unpaired) electrons. The van der Waals surface area contributed by atoms with Crippen LogP contribution in [0.5, 0.6) is 0 Å². The Morgan fingerprint density at radius 1 is 1.20 bits per heavy atom. The molecular formula is C16H14F5N3O. The van der Waals surface area contributed by atoms with E-state index in [-0.39, 0.29) is 17.7 Å². The Labute approximate surface area is 139 Å². The molecule has 1 aliphatic rings. The first-order valence-corrected chi connectivity index (χ1v) is 7.66. The highest BCUT2D eigenvalue weighted by Crippen LogP contribution is 2.35. The van der Waals surface area contributed by atoms with Crippen LogP contribution < -0.4 is 5.32 Å². The first-order valence-electron chi connectivity index (χ1n) is 7.66. The zero-order valence-corrected chi connectivity index (χ0v) is 13.0. The number of nitrogens with zero attached hydrogens (tertiary/aromatic N) is 2. The molecule has 0 atom stereocenters. The van der Waals surface area contributed by atoms with Crippen molar-refractivity contribution >= 4 is 11.6 Å². The second-order valence-electron chi connectivity index (χ2n) is 5.81. The number of nitrogens with one attached hydrogen (secondary N) is 1. The van der Waals surface area contributed by atoms with Gasteiger partial charge in [-0.2, -0.15) is 18.3 Å². The highest BCUT2D eigenvalue weighted by Gasteiger charge is 2.39. The summed E-state index contributed by atoms with van der Waals surface area (Å²) in [5.74, 6) is -2.51. The lowest BCUT2D eigenvalue weighted by atomic mass is 9.95. The van der Waals surface area contributed by atoms with Gasteiger partial charge in [0.05, 0.1) is 5.69 Å².